The number of hydrogen-bond acceptors (Lipinski definition) is 3. The maximum Gasteiger partial charge on any atom is 0.215 e. The summed E-state index contributed by atoms with van der Waals surface area (Å²) in [4.78, 5) is 1.96. The highest BCUT2D eigenvalue weighted by atomic mass is 32.2. The minimum absolute atomic E-state index is 0.0858. The van der Waals surface area contributed by atoms with Gasteiger partial charge in [0.25, 0.3) is 0 Å². The highest BCUT2D eigenvalue weighted by Crippen LogP contribution is 2.18. The van der Waals surface area contributed by atoms with Gasteiger partial charge in [0, 0.05) is 25.5 Å². The lowest BCUT2D eigenvalue weighted by molar-refractivity contribution is 0.289. The number of aryl methyl sites for hydroxylation is 1. The number of rotatable bonds is 7. The number of aromatic nitrogens is 1. The molecule has 0 fully saturated rings. The lowest BCUT2D eigenvalue weighted by Gasteiger charge is -2.25. The number of nitrogens with zero attached hydrogens (tertiary/aromatic N) is 2. The Labute approximate surface area is 136 Å². The van der Waals surface area contributed by atoms with Crippen LogP contribution in [0.2, 0.25) is 0 Å². The summed E-state index contributed by atoms with van der Waals surface area (Å²) in [5.74, 6) is -0.675. The van der Waals surface area contributed by atoms with E-state index < -0.39 is 15.8 Å². The minimum Gasteiger partial charge on any atom is -0.353 e. The Kier molecular flexibility index (Phi) is 5.56. The van der Waals surface area contributed by atoms with Crippen molar-refractivity contribution in [3.63, 3.8) is 0 Å². The van der Waals surface area contributed by atoms with E-state index in [1.54, 1.807) is 6.07 Å². The SMILES string of the molecule is CN(C)C(CNS(=O)(=O)Cc1cccc(F)c1)c1cccn1C. The number of benzene rings is 1. The Hall–Kier alpha value is -1.70. The number of nitrogens with one attached hydrogen (secondary N) is 1. The number of halogens is 1. The van der Waals surface area contributed by atoms with Gasteiger partial charge in [-0.1, -0.05) is 12.1 Å². The Morgan fingerprint density at radius 3 is 2.57 bits per heavy atom. The second kappa shape index (κ2) is 7.25. The quantitative estimate of drug-likeness (QED) is 0.838. The fourth-order valence-electron chi connectivity index (χ4n) is 2.48. The van der Waals surface area contributed by atoms with Gasteiger partial charge in [0.05, 0.1) is 11.8 Å². The van der Waals surface area contributed by atoms with Crippen molar-refractivity contribution < 1.29 is 12.8 Å². The number of likely N-dealkylation sites (N-methyl/N-ethyl adjacent to an activating group) is 1. The summed E-state index contributed by atoms with van der Waals surface area (Å²) in [6.07, 6.45) is 1.92. The molecule has 0 aliphatic carbocycles. The molecule has 7 heteroatoms. The molecule has 1 N–H and O–H groups in total. The van der Waals surface area contributed by atoms with Gasteiger partial charge in [0.15, 0.2) is 0 Å². The summed E-state index contributed by atoms with van der Waals surface area (Å²) in [5, 5.41) is 0. The molecule has 0 aliphatic heterocycles. The van der Waals surface area contributed by atoms with E-state index in [2.05, 4.69) is 4.72 Å². The summed E-state index contributed by atoms with van der Waals surface area (Å²) in [7, 11) is 2.19. The average molecular weight is 339 g/mol. The molecule has 0 bridgehead atoms. The maximum atomic E-state index is 13.2. The van der Waals surface area contributed by atoms with Crippen LogP contribution in [-0.2, 0) is 22.8 Å². The fraction of sp³-hybridized carbons (Fsp3) is 0.375. The van der Waals surface area contributed by atoms with Gasteiger partial charge in [-0.25, -0.2) is 17.5 Å². The monoisotopic (exact) mass is 339 g/mol. The van der Waals surface area contributed by atoms with Gasteiger partial charge in [0.1, 0.15) is 5.82 Å². The Balaban J connectivity index is 2.06. The molecule has 0 saturated carbocycles. The molecule has 23 heavy (non-hydrogen) atoms. The number of hydrogen-bond donors (Lipinski definition) is 1. The molecule has 0 saturated heterocycles. The van der Waals surface area contributed by atoms with Gasteiger partial charge < -0.3 is 4.57 Å². The first-order valence-electron chi connectivity index (χ1n) is 7.28. The van der Waals surface area contributed by atoms with Crippen molar-refractivity contribution >= 4 is 10.0 Å². The molecule has 1 unspecified atom stereocenters. The molecule has 1 aromatic carbocycles. The first kappa shape index (κ1) is 17.7. The van der Waals surface area contributed by atoms with Crippen molar-refractivity contribution in [2.45, 2.75) is 11.8 Å². The van der Waals surface area contributed by atoms with E-state index in [9.17, 15) is 12.8 Å². The maximum absolute atomic E-state index is 13.2. The van der Waals surface area contributed by atoms with Crippen molar-refractivity contribution in [2.75, 3.05) is 20.6 Å². The van der Waals surface area contributed by atoms with Gasteiger partial charge in [0.2, 0.25) is 10.0 Å². The van der Waals surface area contributed by atoms with Crippen LogP contribution in [0.5, 0.6) is 0 Å². The first-order valence-corrected chi connectivity index (χ1v) is 8.93. The molecule has 1 heterocycles. The van der Waals surface area contributed by atoms with Gasteiger partial charge in [-0.05, 0) is 43.9 Å². The third-order valence-electron chi connectivity index (χ3n) is 3.69. The molecule has 5 nitrogen and oxygen atoms in total. The van der Waals surface area contributed by atoms with Gasteiger partial charge in [-0.15, -0.1) is 0 Å². The molecule has 2 rings (SSSR count). The predicted molar refractivity (Wildman–Crippen MR) is 88.9 cm³/mol. The third kappa shape index (κ3) is 4.89. The molecule has 2 aromatic rings. The van der Waals surface area contributed by atoms with Crippen LogP contribution >= 0.6 is 0 Å². The summed E-state index contributed by atoms with van der Waals surface area (Å²) in [6, 6.07) is 9.44. The third-order valence-corrected chi connectivity index (χ3v) is 5.01. The van der Waals surface area contributed by atoms with Gasteiger partial charge >= 0.3 is 0 Å². The second-order valence-electron chi connectivity index (χ2n) is 5.76. The minimum atomic E-state index is -3.54. The zero-order valence-corrected chi connectivity index (χ0v) is 14.3. The van der Waals surface area contributed by atoms with Crippen molar-refractivity contribution in [1.29, 1.82) is 0 Å². The Morgan fingerprint density at radius 1 is 1.26 bits per heavy atom. The van der Waals surface area contributed by atoms with Crippen molar-refractivity contribution in [3.8, 4) is 0 Å². The predicted octanol–water partition coefficient (Wildman–Crippen LogP) is 1.89. The highest BCUT2D eigenvalue weighted by molar-refractivity contribution is 7.88. The van der Waals surface area contributed by atoms with E-state index in [1.165, 1.54) is 18.2 Å². The average Bonchev–Trinajstić information content (AvgIpc) is 2.84. The van der Waals surface area contributed by atoms with Crippen molar-refractivity contribution in [2.24, 2.45) is 7.05 Å². The lowest BCUT2D eigenvalue weighted by Crippen LogP contribution is -2.36. The van der Waals surface area contributed by atoms with Crippen molar-refractivity contribution in [3.05, 3.63) is 59.7 Å². The molecular formula is C16H22FN3O2S. The van der Waals surface area contributed by atoms with E-state index in [0.717, 1.165) is 5.69 Å². The lowest BCUT2D eigenvalue weighted by atomic mass is 10.2. The zero-order chi connectivity index (χ0) is 17.0. The summed E-state index contributed by atoms with van der Waals surface area (Å²) in [5.41, 5.74) is 1.45. The normalized spacial score (nSPS) is 13.4. The van der Waals surface area contributed by atoms with Crippen LogP contribution in [-0.4, -0.2) is 38.5 Å². The zero-order valence-electron chi connectivity index (χ0n) is 13.5. The Morgan fingerprint density at radius 2 is 2.00 bits per heavy atom. The smallest absolute Gasteiger partial charge is 0.215 e. The van der Waals surface area contributed by atoms with Crippen molar-refractivity contribution in [1.82, 2.24) is 14.2 Å². The molecule has 0 radical (unpaired) electrons. The van der Waals surface area contributed by atoms with Gasteiger partial charge in [-0.3, -0.25) is 4.90 Å². The van der Waals surface area contributed by atoms with E-state index in [1.807, 2.05) is 48.9 Å². The topological polar surface area (TPSA) is 54.3 Å². The molecule has 0 amide bonds. The van der Waals surface area contributed by atoms with E-state index in [4.69, 9.17) is 0 Å². The van der Waals surface area contributed by atoms with Crippen LogP contribution in [0.25, 0.3) is 0 Å². The van der Waals surface area contributed by atoms with E-state index in [0.29, 0.717) is 5.56 Å². The number of sulfonamides is 1. The molecule has 1 atom stereocenters. The van der Waals surface area contributed by atoms with E-state index >= 15 is 0 Å². The summed E-state index contributed by atoms with van der Waals surface area (Å²) >= 11 is 0. The molecule has 0 spiro atoms. The Bertz CT molecular complexity index is 756. The fourth-order valence-corrected chi connectivity index (χ4v) is 3.61. The van der Waals surface area contributed by atoms with Crippen LogP contribution in [0.4, 0.5) is 4.39 Å². The van der Waals surface area contributed by atoms with Gasteiger partial charge in [-0.2, -0.15) is 0 Å². The van der Waals surface area contributed by atoms with Crippen LogP contribution in [0.3, 0.4) is 0 Å². The van der Waals surface area contributed by atoms with Crippen LogP contribution in [0, 0.1) is 5.82 Å². The molecule has 126 valence electrons. The van der Waals surface area contributed by atoms with E-state index in [-0.39, 0.29) is 18.3 Å². The highest BCUT2D eigenvalue weighted by Gasteiger charge is 2.20. The van der Waals surface area contributed by atoms with Crippen LogP contribution < -0.4 is 4.72 Å². The van der Waals surface area contributed by atoms with Crippen LogP contribution in [0.1, 0.15) is 17.3 Å². The summed E-state index contributed by atoms with van der Waals surface area (Å²) in [6.45, 7) is 0.252. The largest absolute Gasteiger partial charge is 0.353 e. The standard InChI is InChI=1S/C16H22FN3O2S/c1-19(2)16(15-8-5-9-20(15)3)11-18-23(21,22)12-13-6-4-7-14(17)10-13/h4-10,16,18H,11-12H2,1-3H3. The molecule has 1 aromatic heterocycles. The second-order valence-corrected chi connectivity index (χ2v) is 7.57. The molecule has 0 aliphatic rings. The molecular weight excluding hydrogens is 317 g/mol. The van der Waals surface area contributed by atoms with Crippen LogP contribution in [0.15, 0.2) is 42.6 Å². The summed E-state index contributed by atoms with van der Waals surface area (Å²) < 4.78 is 42.2. The first-order chi connectivity index (χ1) is 10.8.